The standard InChI is InChI=1S/C18H23N3/c1-2-16-15(11-14(1)12-3-7-19-8-4-12)17-13-5-9-21(10-6-13)18(17)20-16/h1-2,11-13,19-20H,3-10H2. The number of aromatic amines is 1. The third-order valence-corrected chi connectivity index (χ3v) is 5.87. The number of rotatable bonds is 1. The highest BCUT2D eigenvalue weighted by molar-refractivity contribution is 5.91. The third-order valence-electron chi connectivity index (χ3n) is 5.87. The van der Waals surface area contributed by atoms with Crippen molar-refractivity contribution in [3.8, 4) is 0 Å². The van der Waals surface area contributed by atoms with Crippen molar-refractivity contribution >= 4 is 16.7 Å². The predicted octanol–water partition coefficient (Wildman–Crippen LogP) is 3.33. The molecule has 0 amide bonds. The zero-order chi connectivity index (χ0) is 13.8. The van der Waals surface area contributed by atoms with Crippen LogP contribution in [-0.4, -0.2) is 31.2 Å². The molecule has 2 N–H and O–H groups in total. The van der Waals surface area contributed by atoms with Gasteiger partial charge in [-0.3, -0.25) is 0 Å². The molecular weight excluding hydrogens is 258 g/mol. The Bertz CT molecular complexity index is 673. The fourth-order valence-corrected chi connectivity index (χ4v) is 4.68. The van der Waals surface area contributed by atoms with Crippen molar-refractivity contribution in [2.75, 3.05) is 31.1 Å². The molecule has 0 unspecified atom stereocenters. The van der Waals surface area contributed by atoms with E-state index in [2.05, 4.69) is 33.4 Å². The molecule has 0 spiro atoms. The second kappa shape index (κ2) is 4.51. The number of fused-ring (bicyclic) bond motifs is 3. The third kappa shape index (κ3) is 1.76. The maximum absolute atomic E-state index is 3.69. The minimum atomic E-state index is 0.752. The molecule has 4 aliphatic heterocycles. The second-order valence-electron chi connectivity index (χ2n) is 6.98. The van der Waals surface area contributed by atoms with Crippen molar-refractivity contribution < 1.29 is 0 Å². The van der Waals surface area contributed by atoms with Crippen molar-refractivity contribution in [3.05, 3.63) is 29.3 Å². The first kappa shape index (κ1) is 12.1. The van der Waals surface area contributed by atoms with Crippen LogP contribution in [0.3, 0.4) is 0 Å². The minimum absolute atomic E-state index is 0.752. The Morgan fingerprint density at radius 2 is 1.76 bits per heavy atom. The topological polar surface area (TPSA) is 31.1 Å². The molecule has 1 aromatic carbocycles. The van der Waals surface area contributed by atoms with Gasteiger partial charge in [0.15, 0.2) is 0 Å². The number of nitrogens with one attached hydrogen (secondary N) is 2. The zero-order valence-corrected chi connectivity index (χ0v) is 12.5. The molecule has 3 heteroatoms. The van der Waals surface area contributed by atoms with Gasteiger partial charge in [0, 0.05) is 29.6 Å². The van der Waals surface area contributed by atoms with Crippen molar-refractivity contribution in [2.24, 2.45) is 0 Å². The number of H-pyrrole nitrogens is 1. The summed E-state index contributed by atoms with van der Waals surface area (Å²) in [7, 11) is 0. The zero-order valence-electron chi connectivity index (χ0n) is 12.5. The van der Waals surface area contributed by atoms with Crippen LogP contribution in [0.2, 0.25) is 0 Å². The molecule has 3 nitrogen and oxygen atoms in total. The molecule has 110 valence electrons. The lowest BCUT2D eigenvalue weighted by Gasteiger charge is -2.40. The van der Waals surface area contributed by atoms with Crippen LogP contribution in [-0.2, 0) is 0 Å². The van der Waals surface area contributed by atoms with Gasteiger partial charge in [0.2, 0.25) is 0 Å². The summed E-state index contributed by atoms with van der Waals surface area (Å²) in [6.07, 6.45) is 5.26. The van der Waals surface area contributed by atoms with Crippen LogP contribution in [0.5, 0.6) is 0 Å². The first-order valence-electron chi connectivity index (χ1n) is 8.51. The SMILES string of the molecule is c1cc2[nH]c3c(c2cc1C1CCNCC1)C1CCN3CC1. The summed E-state index contributed by atoms with van der Waals surface area (Å²) in [5, 5.41) is 4.99. The van der Waals surface area contributed by atoms with E-state index in [4.69, 9.17) is 0 Å². The van der Waals surface area contributed by atoms with Crippen LogP contribution in [0.15, 0.2) is 18.2 Å². The van der Waals surface area contributed by atoms with Crippen LogP contribution in [0.25, 0.3) is 10.9 Å². The first-order chi connectivity index (χ1) is 10.4. The number of piperidine rings is 2. The molecule has 4 aliphatic rings. The van der Waals surface area contributed by atoms with Gasteiger partial charge >= 0.3 is 0 Å². The van der Waals surface area contributed by atoms with Gasteiger partial charge in [0.05, 0.1) is 0 Å². The Labute approximate surface area is 125 Å². The smallest absolute Gasteiger partial charge is 0.110 e. The van der Waals surface area contributed by atoms with E-state index in [1.54, 1.807) is 11.1 Å². The van der Waals surface area contributed by atoms with Gasteiger partial charge in [0.1, 0.15) is 5.82 Å². The Morgan fingerprint density at radius 1 is 0.952 bits per heavy atom. The molecule has 6 rings (SSSR count). The fraction of sp³-hybridized carbons (Fsp3) is 0.556. The number of hydrogen-bond acceptors (Lipinski definition) is 2. The van der Waals surface area contributed by atoms with Gasteiger partial charge in [-0.1, -0.05) is 6.07 Å². The summed E-state index contributed by atoms with van der Waals surface area (Å²) in [5.41, 5.74) is 4.53. The average molecular weight is 281 g/mol. The van der Waals surface area contributed by atoms with Gasteiger partial charge in [0.25, 0.3) is 0 Å². The first-order valence-corrected chi connectivity index (χ1v) is 8.51. The number of benzene rings is 1. The molecule has 2 saturated heterocycles. The highest BCUT2D eigenvalue weighted by Crippen LogP contribution is 2.46. The van der Waals surface area contributed by atoms with E-state index in [1.165, 1.54) is 68.6 Å². The maximum Gasteiger partial charge on any atom is 0.110 e. The monoisotopic (exact) mass is 281 g/mol. The highest BCUT2D eigenvalue weighted by Gasteiger charge is 2.34. The molecule has 2 fully saturated rings. The Morgan fingerprint density at radius 3 is 2.57 bits per heavy atom. The maximum atomic E-state index is 3.69. The molecule has 2 aromatic rings. The summed E-state index contributed by atoms with van der Waals surface area (Å²) in [6, 6.07) is 7.19. The van der Waals surface area contributed by atoms with Crippen LogP contribution in [0.1, 0.15) is 48.6 Å². The molecule has 5 heterocycles. The Balaban J connectivity index is 1.63. The molecule has 1 aromatic heterocycles. The second-order valence-corrected chi connectivity index (χ2v) is 6.98. The Kier molecular flexibility index (Phi) is 2.60. The van der Waals surface area contributed by atoms with Crippen LogP contribution < -0.4 is 10.2 Å². The molecule has 0 atom stereocenters. The van der Waals surface area contributed by atoms with E-state index in [-0.39, 0.29) is 0 Å². The molecule has 2 bridgehead atoms. The van der Waals surface area contributed by atoms with Gasteiger partial charge in [-0.2, -0.15) is 0 Å². The molecular formula is C18H23N3. The predicted molar refractivity (Wildman–Crippen MR) is 87.3 cm³/mol. The number of nitrogens with zero attached hydrogens (tertiary/aromatic N) is 1. The van der Waals surface area contributed by atoms with Crippen LogP contribution in [0.4, 0.5) is 5.82 Å². The van der Waals surface area contributed by atoms with E-state index in [0.29, 0.717) is 0 Å². The fourth-order valence-electron chi connectivity index (χ4n) is 4.68. The van der Waals surface area contributed by atoms with Crippen molar-refractivity contribution in [2.45, 2.75) is 37.5 Å². The number of anilines is 1. The normalized spacial score (nSPS) is 23.0. The molecule has 21 heavy (non-hydrogen) atoms. The lowest BCUT2D eigenvalue weighted by molar-refractivity contribution is 0.460. The molecule has 0 aliphatic carbocycles. The molecule has 0 saturated carbocycles. The summed E-state index contributed by atoms with van der Waals surface area (Å²) in [6.45, 7) is 4.83. The average Bonchev–Trinajstić information content (AvgIpc) is 2.97. The minimum Gasteiger partial charge on any atom is -0.358 e. The van der Waals surface area contributed by atoms with E-state index in [1.807, 2.05) is 0 Å². The highest BCUT2D eigenvalue weighted by atomic mass is 15.2. The largest absolute Gasteiger partial charge is 0.358 e. The van der Waals surface area contributed by atoms with E-state index >= 15 is 0 Å². The quantitative estimate of drug-likeness (QED) is 0.840. The number of aromatic nitrogens is 1. The summed E-state index contributed by atoms with van der Waals surface area (Å²) < 4.78 is 0. The van der Waals surface area contributed by atoms with Crippen LogP contribution >= 0.6 is 0 Å². The molecule has 0 radical (unpaired) electrons. The van der Waals surface area contributed by atoms with Gasteiger partial charge < -0.3 is 15.2 Å². The van der Waals surface area contributed by atoms with Crippen LogP contribution in [0, 0.1) is 0 Å². The lowest BCUT2D eigenvalue weighted by Crippen LogP contribution is -2.38. The summed E-state index contributed by atoms with van der Waals surface area (Å²) >= 11 is 0. The summed E-state index contributed by atoms with van der Waals surface area (Å²) in [5.74, 6) is 2.97. The summed E-state index contributed by atoms with van der Waals surface area (Å²) in [4.78, 5) is 6.25. The lowest BCUT2D eigenvalue weighted by atomic mass is 9.83. The van der Waals surface area contributed by atoms with Gasteiger partial charge in [-0.05, 0) is 68.3 Å². The van der Waals surface area contributed by atoms with Gasteiger partial charge in [-0.15, -0.1) is 0 Å². The van der Waals surface area contributed by atoms with Crippen molar-refractivity contribution in [1.29, 1.82) is 0 Å². The van der Waals surface area contributed by atoms with E-state index in [0.717, 1.165) is 11.8 Å². The van der Waals surface area contributed by atoms with Gasteiger partial charge in [-0.25, -0.2) is 0 Å². The van der Waals surface area contributed by atoms with E-state index < -0.39 is 0 Å². The van der Waals surface area contributed by atoms with Crippen molar-refractivity contribution in [1.82, 2.24) is 10.3 Å². The van der Waals surface area contributed by atoms with Crippen molar-refractivity contribution in [3.63, 3.8) is 0 Å². The van der Waals surface area contributed by atoms with E-state index in [9.17, 15) is 0 Å². The Hall–Kier alpha value is -1.48. The number of hydrogen-bond donors (Lipinski definition) is 2.